The Morgan fingerprint density at radius 3 is 3.00 bits per heavy atom. The maximum Gasteiger partial charge on any atom is 0.231 e. The molecule has 25 heavy (non-hydrogen) atoms. The second-order valence-electron chi connectivity index (χ2n) is 6.67. The molecule has 6 nitrogen and oxygen atoms in total. The van der Waals surface area contributed by atoms with Gasteiger partial charge in [0.15, 0.2) is 0 Å². The van der Waals surface area contributed by atoms with Crippen molar-refractivity contribution in [3.05, 3.63) is 35.2 Å². The summed E-state index contributed by atoms with van der Waals surface area (Å²) in [6.45, 7) is 5.61. The number of amides is 1. The average molecular weight is 342 g/mol. The van der Waals surface area contributed by atoms with Crippen LogP contribution in [0.15, 0.2) is 18.2 Å². The van der Waals surface area contributed by atoms with Crippen molar-refractivity contribution in [3.63, 3.8) is 0 Å². The minimum atomic E-state index is -0.00694. The van der Waals surface area contributed by atoms with Crippen molar-refractivity contribution in [2.75, 3.05) is 11.9 Å². The third-order valence-electron chi connectivity index (χ3n) is 4.51. The molecule has 0 unspecified atom stereocenters. The molecule has 2 aromatic rings. The van der Waals surface area contributed by atoms with Crippen molar-refractivity contribution in [1.29, 1.82) is 0 Å². The number of rotatable bonds is 7. The molecule has 1 amide bonds. The van der Waals surface area contributed by atoms with Gasteiger partial charge in [0.2, 0.25) is 11.9 Å². The number of carbonyl (C=O) groups excluding carboxylic acids is 1. The first-order valence-corrected chi connectivity index (χ1v) is 9.05. The Morgan fingerprint density at radius 2 is 2.12 bits per heavy atom. The van der Waals surface area contributed by atoms with Crippen molar-refractivity contribution in [2.24, 2.45) is 0 Å². The summed E-state index contributed by atoms with van der Waals surface area (Å²) < 4.78 is 7.84. The number of ether oxygens (including phenoxy) is 1. The van der Waals surface area contributed by atoms with Gasteiger partial charge in [0.05, 0.1) is 6.61 Å². The number of nitrogens with one attached hydrogen (secondary N) is 1. The maximum absolute atomic E-state index is 12.1. The van der Waals surface area contributed by atoms with E-state index in [0.29, 0.717) is 19.0 Å². The van der Waals surface area contributed by atoms with Crippen molar-refractivity contribution in [1.82, 2.24) is 14.8 Å². The van der Waals surface area contributed by atoms with Gasteiger partial charge in [0.1, 0.15) is 11.6 Å². The van der Waals surface area contributed by atoms with E-state index in [2.05, 4.69) is 40.6 Å². The first kappa shape index (κ1) is 17.5. The van der Waals surface area contributed by atoms with Gasteiger partial charge in [-0.2, -0.15) is 0 Å². The zero-order valence-electron chi connectivity index (χ0n) is 15.0. The van der Waals surface area contributed by atoms with Gasteiger partial charge in [-0.05, 0) is 56.7 Å². The van der Waals surface area contributed by atoms with Gasteiger partial charge in [-0.1, -0.05) is 12.1 Å². The van der Waals surface area contributed by atoms with Crippen molar-refractivity contribution < 1.29 is 9.53 Å². The van der Waals surface area contributed by atoms with Crippen molar-refractivity contribution in [2.45, 2.75) is 58.9 Å². The van der Waals surface area contributed by atoms with Crippen LogP contribution in [0.3, 0.4) is 0 Å². The van der Waals surface area contributed by atoms with E-state index in [1.165, 1.54) is 5.56 Å². The summed E-state index contributed by atoms with van der Waals surface area (Å²) in [4.78, 5) is 12.1. The minimum Gasteiger partial charge on any atom is -0.493 e. The fourth-order valence-corrected chi connectivity index (χ4v) is 3.02. The second-order valence-corrected chi connectivity index (χ2v) is 6.67. The lowest BCUT2D eigenvalue weighted by molar-refractivity contribution is -0.116. The number of benzene rings is 1. The fraction of sp³-hybridized carbons (Fsp3) is 0.526. The molecule has 1 aromatic heterocycles. The predicted molar refractivity (Wildman–Crippen MR) is 96.9 cm³/mol. The van der Waals surface area contributed by atoms with Crippen LogP contribution in [0.4, 0.5) is 5.95 Å². The van der Waals surface area contributed by atoms with Crippen LogP contribution in [0.2, 0.25) is 0 Å². The fourth-order valence-electron chi connectivity index (χ4n) is 3.02. The number of fused-ring (bicyclic) bond motifs is 1. The summed E-state index contributed by atoms with van der Waals surface area (Å²) in [6, 6.07) is 6.20. The highest BCUT2D eigenvalue weighted by Crippen LogP contribution is 2.20. The molecule has 6 heteroatoms. The molecule has 134 valence electrons. The van der Waals surface area contributed by atoms with Crippen molar-refractivity contribution >= 4 is 11.9 Å². The summed E-state index contributed by atoms with van der Waals surface area (Å²) in [6.07, 6.45) is 5.31. The largest absolute Gasteiger partial charge is 0.493 e. The number of aryl methyl sites for hydroxylation is 3. The molecule has 2 heterocycles. The number of hydrogen-bond acceptors (Lipinski definition) is 4. The molecule has 0 saturated carbocycles. The zero-order chi connectivity index (χ0) is 17.6. The standard InChI is InChI=1S/C19H26N4O2/c1-14-9-10-15(2)16(13-14)25-12-6-4-8-18(24)20-19-22-21-17-7-3-5-11-23(17)19/h9-10,13H,3-8,11-12H2,1-2H3,(H,20,22,24). The molecule has 0 bridgehead atoms. The van der Waals surface area contributed by atoms with Crippen LogP contribution in [-0.2, 0) is 17.8 Å². The van der Waals surface area contributed by atoms with E-state index in [1.54, 1.807) is 0 Å². The highest BCUT2D eigenvalue weighted by Gasteiger charge is 2.17. The molecule has 0 fully saturated rings. The van der Waals surface area contributed by atoms with Gasteiger partial charge < -0.3 is 4.74 Å². The van der Waals surface area contributed by atoms with Gasteiger partial charge in [0, 0.05) is 19.4 Å². The number of hydrogen-bond donors (Lipinski definition) is 1. The van der Waals surface area contributed by atoms with Gasteiger partial charge in [0.25, 0.3) is 0 Å². The minimum absolute atomic E-state index is 0.00694. The number of nitrogens with zero attached hydrogens (tertiary/aromatic N) is 3. The Bertz CT molecular complexity index is 739. The quantitative estimate of drug-likeness (QED) is 0.783. The van der Waals surface area contributed by atoms with Crippen LogP contribution in [-0.4, -0.2) is 27.3 Å². The van der Waals surface area contributed by atoms with E-state index in [9.17, 15) is 4.79 Å². The first-order valence-electron chi connectivity index (χ1n) is 9.05. The Morgan fingerprint density at radius 1 is 1.24 bits per heavy atom. The third kappa shape index (κ3) is 4.59. The number of anilines is 1. The molecule has 0 atom stereocenters. The predicted octanol–water partition coefficient (Wildman–Crippen LogP) is 3.42. The molecule has 1 aliphatic heterocycles. The summed E-state index contributed by atoms with van der Waals surface area (Å²) in [5.41, 5.74) is 2.33. The maximum atomic E-state index is 12.1. The third-order valence-corrected chi connectivity index (χ3v) is 4.51. The van der Waals surface area contributed by atoms with Crippen molar-refractivity contribution in [3.8, 4) is 5.75 Å². The number of aromatic nitrogens is 3. The Balaban J connectivity index is 1.38. The summed E-state index contributed by atoms with van der Waals surface area (Å²) in [7, 11) is 0. The van der Waals surface area contributed by atoms with Gasteiger partial charge >= 0.3 is 0 Å². The molecule has 1 aromatic carbocycles. The first-order chi connectivity index (χ1) is 12.1. The number of carbonyl (C=O) groups is 1. The normalized spacial score (nSPS) is 13.4. The lowest BCUT2D eigenvalue weighted by Gasteiger charge is -2.14. The molecule has 0 spiro atoms. The van der Waals surface area contributed by atoms with Gasteiger partial charge in [-0.25, -0.2) is 0 Å². The van der Waals surface area contributed by atoms with E-state index >= 15 is 0 Å². The zero-order valence-corrected chi connectivity index (χ0v) is 15.0. The highest BCUT2D eigenvalue weighted by molar-refractivity contribution is 5.88. The van der Waals surface area contributed by atoms with E-state index < -0.39 is 0 Å². The molecule has 0 radical (unpaired) electrons. The molecular weight excluding hydrogens is 316 g/mol. The summed E-state index contributed by atoms with van der Waals surface area (Å²) >= 11 is 0. The SMILES string of the molecule is Cc1ccc(C)c(OCCCCC(=O)Nc2nnc3n2CCCC3)c1. The lowest BCUT2D eigenvalue weighted by atomic mass is 10.1. The Kier molecular flexibility index (Phi) is 5.68. The van der Waals surface area contributed by atoms with Crippen LogP contribution in [0.1, 0.15) is 49.1 Å². The molecule has 1 aliphatic rings. The van der Waals surface area contributed by atoms with E-state index in [1.807, 2.05) is 11.5 Å². The van der Waals surface area contributed by atoms with Crippen LogP contribution < -0.4 is 10.1 Å². The lowest BCUT2D eigenvalue weighted by Crippen LogP contribution is -2.18. The van der Waals surface area contributed by atoms with Crippen LogP contribution in [0.25, 0.3) is 0 Å². The molecule has 0 aliphatic carbocycles. The van der Waals surface area contributed by atoms with E-state index in [-0.39, 0.29) is 5.91 Å². The van der Waals surface area contributed by atoms with Crippen LogP contribution >= 0.6 is 0 Å². The molecule has 0 saturated heterocycles. The van der Waals surface area contributed by atoms with Gasteiger partial charge in [-0.3, -0.25) is 14.7 Å². The van der Waals surface area contributed by atoms with Gasteiger partial charge in [-0.15, -0.1) is 10.2 Å². The monoisotopic (exact) mass is 342 g/mol. The average Bonchev–Trinajstić information content (AvgIpc) is 3.00. The van der Waals surface area contributed by atoms with Crippen LogP contribution in [0, 0.1) is 13.8 Å². The van der Waals surface area contributed by atoms with Crippen LogP contribution in [0.5, 0.6) is 5.75 Å². The van der Waals surface area contributed by atoms with E-state index in [4.69, 9.17) is 4.74 Å². The summed E-state index contributed by atoms with van der Waals surface area (Å²) in [5, 5.41) is 11.1. The molecule has 1 N–H and O–H groups in total. The molecular formula is C19H26N4O2. The summed E-state index contributed by atoms with van der Waals surface area (Å²) in [5.74, 6) is 2.49. The smallest absolute Gasteiger partial charge is 0.231 e. The molecule has 3 rings (SSSR count). The Labute approximate surface area is 148 Å². The second kappa shape index (κ2) is 8.14. The number of unbranched alkanes of at least 4 members (excludes halogenated alkanes) is 1. The topological polar surface area (TPSA) is 69.0 Å². The van der Waals surface area contributed by atoms with E-state index in [0.717, 1.165) is 55.8 Å². The highest BCUT2D eigenvalue weighted by atomic mass is 16.5. The Hall–Kier alpha value is -2.37.